The van der Waals surface area contributed by atoms with Gasteiger partial charge in [0.1, 0.15) is 5.82 Å². The van der Waals surface area contributed by atoms with Crippen molar-refractivity contribution in [1.29, 1.82) is 0 Å². The summed E-state index contributed by atoms with van der Waals surface area (Å²) in [7, 11) is 0. The minimum absolute atomic E-state index is 0.407. The molecule has 0 aliphatic rings. The molecular weight excluding hydrogens is 254 g/mol. The fourth-order valence-corrected chi connectivity index (χ4v) is 2.38. The van der Waals surface area contributed by atoms with E-state index in [1.54, 1.807) is 23.7 Å². The van der Waals surface area contributed by atoms with E-state index in [2.05, 4.69) is 39.3 Å². The standard InChI is InChI=1S/C12H14ClN3S/c1-2-16(9-11-4-3-5-17-11)12-8-14-10(6-13)7-15-12/h3-5,7-8H,2,6,9H2,1H3. The summed E-state index contributed by atoms with van der Waals surface area (Å²) in [5, 5.41) is 2.09. The Morgan fingerprint density at radius 3 is 2.76 bits per heavy atom. The van der Waals surface area contributed by atoms with Gasteiger partial charge in [-0.3, -0.25) is 4.98 Å². The van der Waals surface area contributed by atoms with Crippen LogP contribution in [-0.4, -0.2) is 16.5 Å². The molecule has 0 saturated carbocycles. The number of anilines is 1. The molecule has 90 valence electrons. The van der Waals surface area contributed by atoms with Gasteiger partial charge >= 0.3 is 0 Å². The largest absolute Gasteiger partial charge is 0.350 e. The van der Waals surface area contributed by atoms with Crippen molar-refractivity contribution in [3.63, 3.8) is 0 Å². The Hall–Kier alpha value is -1.13. The quantitative estimate of drug-likeness (QED) is 0.779. The second-order valence-electron chi connectivity index (χ2n) is 3.59. The maximum atomic E-state index is 5.69. The molecule has 0 bridgehead atoms. The Morgan fingerprint density at radius 2 is 2.24 bits per heavy atom. The van der Waals surface area contributed by atoms with E-state index in [0.29, 0.717) is 5.88 Å². The first-order valence-corrected chi connectivity index (χ1v) is 6.89. The van der Waals surface area contributed by atoms with E-state index in [-0.39, 0.29) is 0 Å². The van der Waals surface area contributed by atoms with Crippen molar-refractivity contribution >= 4 is 28.8 Å². The van der Waals surface area contributed by atoms with Crippen LogP contribution in [-0.2, 0) is 12.4 Å². The third-order valence-corrected chi connectivity index (χ3v) is 3.60. The SMILES string of the molecule is CCN(Cc1cccs1)c1cnc(CCl)cn1. The smallest absolute Gasteiger partial charge is 0.147 e. The van der Waals surface area contributed by atoms with Crippen molar-refractivity contribution in [2.75, 3.05) is 11.4 Å². The average molecular weight is 268 g/mol. The van der Waals surface area contributed by atoms with Gasteiger partial charge in [-0.05, 0) is 18.4 Å². The maximum absolute atomic E-state index is 5.69. The molecule has 0 fully saturated rings. The van der Waals surface area contributed by atoms with Crippen LogP contribution in [0.4, 0.5) is 5.82 Å². The molecule has 0 spiro atoms. The fraction of sp³-hybridized carbons (Fsp3) is 0.333. The van der Waals surface area contributed by atoms with Gasteiger partial charge < -0.3 is 4.90 Å². The number of aromatic nitrogens is 2. The molecule has 0 radical (unpaired) electrons. The van der Waals surface area contributed by atoms with Gasteiger partial charge in [0.15, 0.2) is 0 Å². The monoisotopic (exact) mass is 267 g/mol. The van der Waals surface area contributed by atoms with Crippen LogP contribution >= 0.6 is 22.9 Å². The highest BCUT2D eigenvalue weighted by Crippen LogP contribution is 2.16. The molecule has 2 rings (SSSR count). The molecule has 0 atom stereocenters. The third-order valence-electron chi connectivity index (χ3n) is 2.46. The van der Waals surface area contributed by atoms with Crippen LogP contribution in [0.25, 0.3) is 0 Å². The second kappa shape index (κ2) is 5.98. The summed E-state index contributed by atoms with van der Waals surface area (Å²) in [4.78, 5) is 12.2. The minimum atomic E-state index is 0.407. The summed E-state index contributed by atoms with van der Waals surface area (Å²) >= 11 is 7.45. The zero-order chi connectivity index (χ0) is 12.1. The predicted octanol–water partition coefficient (Wildman–Crippen LogP) is 3.30. The van der Waals surface area contributed by atoms with Crippen molar-refractivity contribution in [3.05, 3.63) is 40.5 Å². The topological polar surface area (TPSA) is 29.0 Å². The lowest BCUT2D eigenvalue weighted by Gasteiger charge is -2.20. The lowest BCUT2D eigenvalue weighted by atomic mass is 10.4. The highest BCUT2D eigenvalue weighted by Gasteiger charge is 2.07. The molecule has 2 aromatic rings. The molecule has 5 heteroatoms. The van der Waals surface area contributed by atoms with Gasteiger partial charge in [0, 0.05) is 11.4 Å². The number of hydrogen-bond acceptors (Lipinski definition) is 4. The Labute approximate surface area is 110 Å². The van der Waals surface area contributed by atoms with E-state index in [9.17, 15) is 0 Å². The molecule has 0 amide bonds. The van der Waals surface area contributed by atoms with Crippen LogP contribution < -0.4 is 4.90 Å². The van der Waals surface area contributed by atoms with Crippen LogP contribution in [0.5, 0.6) is 0 Å². The van der Waals surface area contributed by atoms with E-state index < -0.39 is 0 Å². The van der Waals surface area contributed by atoms with Crippen LogP contribution in [0.3, 0.4) is 0 Å². The fourth-order valence-electron chi connectivity index (χ4n) is 1.53. The Kier molecular flexibility index (Phi) is 4.34. The molecule has 3 nitrogen and oxygen atoms in total. The third kappa shape index (κ3) is 3.17. The zero-order valence-electron chi connectivity index (χ0n) is 9.64. The molecule has 0 saturated heterocycles. The molecular formula is C12H14ClN3S. The lowest BCUT2D eigenvalue weighted by molar-refractivity contribution is 0.815. The van der Waals surface area contributed by atoms with Gasteiger partial charge in [-0.2, -0.15) is 0 Å². The first-order valence-electron chi connectivity index (χ1n) is 5.47. The highest BCUT2D eigenvalue weighted by molar-refractivity contribution is 7.09. The first kappa shape index (κ1) is 12.3. The number of alkyl halides is 1. The van der Waals surface area contributed by atoms with Crippen molar-refractivity contribution in [2.45, 2.75) is 19.3 Å². The number of halogens is 1. The molecule has 2 aromatic heterocycles. The normalized spacial score (nSPS) is 10.5. The van der Waals surface area contributed by atoms with Crippen LogP contribution in [0.15, 0.2) is 29.9 Å². The van der Waals surface area contributed by atoms with Gasteiger partial charge in [0.2, 0.25) is 0 Å². The van der Waals surface area contributed by atoms with E-state index in [0.717, 1.165) is 24.6 Å². The van der Waals surface area contributed by atoms with E-state index >= 15 is 0 Å². The van der Waals surface area contributed by atoms with Crippen LogP contribution in [0, 0.1) is 0 Å². The molecule has 0 aliphatic heterocycles. The average Bonchev–Trinajstić information content (AvgIpc) is 2.89. The summed E-state index contributed by atoms with van der Waals surface area (Å²) < 4.78 is 0. The molecule has 0 unspecified atom stereocenters. The van der Waals surface area contributed by atoms with E-state index in [4.69, 9.17) is 11.6 Å². The molecule has 0 aromatic carbocycles. The van der Waals surface area contributed by atoms with E-state index in [1.807, 2.05) is 0 Å². The van der Waals surface area contributed by atoms with Crippen molar-refractivity contribution < 1.29 is 0 Å². The second-order valence-corrected chi connectivity index (χ2v) is 4.89. The van der Waals surface area contributed by atoms with Gasteiger partial charge in [0.25, 0.3) is 0 Å². The molecule has 17 heavy (non-hydrogen) atoms. The Balaban J connectivity index is 2.11. The minimum Gasteiger partial charge on any atom is -0.350 e. The molecule has 0 N–H and O–H groups in total. The molecule has 0 aliphatic carbocycles. The van der Waals surface area contributed by atoms with E-state index in [1.165, 1.54) is 4.88 Å². The van der Waals surface area contributed by atoms with Gasteiger partial charge in [0.05, 0.1) is 30.5 Å². The maximum Gasteiger partial charge on any atom is 0.147 e. The molecule has 2 heterocycles. The zero-order valence-corrected chi connectivity index (χ0v) is 11.2. The van der Waals surface area contributed by atoms with Crippen molar-refractivity contribution in [1.82, 2.24) is 9.97 Å². The summed E-state index contributed by atoms with van der Waals surface area (Å²) in [6.07, 6.45) is 3.52. The number of hydrogen-bond donors (Lipinski definition) is 0. The number of nitrogens with zero attached hydrogens (tertiary/aromatic N) is 3. The Bertz CT molecular complexity index is 441. The Morgan fingerprint density at radius 1 is 1.35 bits per heavy atom. The summed E-state index contributed by atoms with van der Waals surface area (Å²) in [6, 6.07) is 4.20. The predicted molar refractivity (Wildman–Crippen MR) is 72.6 cm³/mol. The van der Waals surface area contributed by atoms with Crippen LogP contribution in [0.2, 0.25) is 0 Å². The highest BCUT2D eigenvalue weighted by atomic mass is 35.5. The first-order chi connectivity index (χ1) is 8.33. The summed E-state index contributed by atoms with van der Waals surface area (Å²) in [5.41, 5.74) is 0.808. The van der Waals surface area contributed by atoms with Crippen molar-refractivity contribution in [3.8, 4) is 0 Å². The number of rotatable bonds is 5. The number of thiophene rings is 1. The van der Waals surface area contributed by atoms with Crippen molar-refractivity contribution in [2.24, 2.45) is 0 Å². The summed E-state index contributed by atoms with van der Waals surface area (Å²) in [6.45, 7) is 3.90. The summed E-state index contributed by atoms with van der Waals surface area (Å²) in [5.74, 6) is 1.31. The van der Waals surface area contributed by atoms with Crippen LogP contribution in [0.1, 0.15) is 17.5 Å². The van der Waals surface area contributed by atoms with Gasteiger partial charge in [-0.25, -0.2) is 4.98 Å². The van der Waals surface area contributed by atoms with Gasteiger partial charge in [-0.15, -0.1) is 22.9 Å². The lowest BCUT2D eigenvalue weighted by Crippen LogP contribution is -2.22. The van der Waals surface area contributed by atoms with Gasteiger partial charge in [-0.1, -0.05) is 6.07 Å².